The third-order valence-electron chi connectivity index (χ3n) is 11.7. The van der Waals surface area contributed by atoms with Crippen LogP contribution in [0.5, 0.6) is 0 Å². The number of hydrogen-bond donors (Lipinski definition) is 0. The Morgan fingerprint density at radius 2 is 0.611 bits per heavy atom. The molecule has 0 radical (unpaired) electrons. The summed E-state index contributed by atoms with van der Waals surface area (Å²) in [6.45, 7) is 19.1. The van der Waals surface area contributed by atoms with Crippen molar-refractivity contribution in [3.8, 4) is 0 Å². The molecule has 0 N–H and O–H groups in total. The number of ether oxygens (including phenoxy) is 2. The molecule has 0 aromatic carbocycles. The molecule has 0 bridgehead atoms. The van der Waals surface area contributed by atoms with Gasteiger partial charge in [-0.25, -0.2) is 0 Å². The monoisotopic (exact) mass is 1790 g/mol. The molecule has 72 heavy (non-hydrogen) atoms. The molecule has 0 aromatic heterocycles. The van der Waals surface area contributed by atoms with E-state index in [0.29, 0.717) is 24.7 Å². The maximum atomic E-state index is 11.9. The minimum absolute atomic E-state index is 0.112. The zero-order valence-corrected chi connectivity index (χ0v) is 72.5. The SMILES string of the molecule is CCCCCCCCOC(=O)C[S][SnH]([CH3])[O][SnH]([CH3])[S]CC(=O)OCCCCCCCC.CCCCCCC[CH2][Sn](=[S])[CH2]CCCCCCC.CCC[CH2][Sn](=[S])[CH2]CCC.CCC[CH2][Sn](=[S])[S][Sn](=[S])[CH2]CCC. The van der Waals surface area contributed by atoms with Crippen LogP contribution in [0, 0.1) is 0 Å². The quantitative estimate of drug-likeness (QED) is 0.0331. The molecule has 2 atom stereocenters. The minimum atomic E-state index is -2.16. The summed E-state index contributed by atoms with van der Waals surface area (Å²) in [7, 11) is 25.7. The Hall–Kier alpha value is 5.62. The second kappa shape index (κ2) is 72.7. The summed E-state index contributed by atoms with van der Waals surface area (Å²) >= 11 is -9.49. The molecule has 0 spiro atoms. The van der Waals surface area contributed by atoms with Gasteiger partial charge in [0.05, 0.1) is 0 Å². The molecule has 0 aliphatic heterocycles. The topological polar surface area (TPSA) is 61.8 Å². The van der Waals surface area contributed by atoms with Crippen LogP contribution in [0.15, 0.2) is 0 Å². The van der Waals surface area contributed by atoms with Gasteiger partial charge in [-0.15, -0.1) is 0 Å². The van der Waals surface area contributed by atoms with Gasteiger partial charge in [0.2, 0.25) is 0 Å². The van der Waals surface area contributed by atoms with Crippen molar-refractivity contribution in [2.45, 2.75) is 297 Å². The van der Waals surface area contributed by atoms with Crippen LogP contribution < -0.4 is 0 Å². The van der Waals surface area contributed by atoms with Crippen LogP contribution in [0.1, 0.15) is 261 Å². The molecular formula is C54H116O5S7Sn6. The summed E-state index contributed by atoms with van der Waals surface area (Å²) in [5.74, 6) is 0.603. The molecule has 0 saturated carbocycles. The van der Waals surface area contributed by atoms with Gasteiger partial charge in [0.25, 0.3) is 0 Å². The molecule has 18 heteroatoms. The van der Waals surface area contributed by atoms with Crippen molar-refractivity contribution in [2.24, 2.45) is 0 Å². The molecule has 0 aliphatic carbocycles. The van der Waals surface area contributed by atoms with Crippen LogP contribution in [-0.4, -0.2) is 143 Å². The maximum absolute atomic E-state index is 11.9. The molecule has 5 nitrogen and oxygen atoms in total. The third kappa shape index (κ3) is 77.7. The summed E-state index contributed by atoms with van der Waals surface area (Å²) in [5.41, 5.74) is 0. The van der Waals surface area contributed by atoms with Crippen molar-refractivity contribution in [1.29, 1.82) is 0 Å². The molecule has 0 heterocycles. The number of carbonyl (C=O) groups is 2. The van der Waals surface area contributed by atoms with E-state index in [1.807, 2.05) is 0 Å². The van der Waals surface area contributed by atoms with Gasteiger partial charge in [0.1, 0.15) is 0 Å². The normalized spacial score (nSPS) is 11.5. The van der Waals surface area contributed by atoms with Gasteiger partial charge in [-0.05, 0) is 0 Å². The molecule has 0 amide bonds. The summed E-state index contributed by atoms with van der Waals surface area (Å²) in [5, 5.41) is 0. The average molecular weight is 1780 g/mol. The molecule has 0 fully saturated rings. The number of rotatable bonds is 50. The Kier molecular flexibility index (Phi) is 84.9. The fraction of sp³-hybridized carbons (Fsp3) is 0.963. The van der Waals surface area contributed by atoms with E-state index in [-0.39, 0.29) is 11.9 Å². The second-order valence-corrected chi connectivity index (χ2v) is 105. The van der Waals surface area contributed by atoms with Gasteiger partial charge in [-0.1, -0.05) is 0 Å². The molecule has 2 unspecified atom stereocenters. The third-order valence-corrected chi connectivity index (χ3v) is 130. The summed E-state index contributed by atoms with van der Waals surface area (Å²) in [6.07, 6.45) is 44.6. The number of esters is 2. The van der Waals surface area contributed by atoms with Crippen molar-refractivity contribution in [3.05, 3.63) is 0 Å². The van der Waals surface area contributed by atoms with Crippen LogP contribution in [0.25, 0.3) is 0 Å². The molecule has 0 saturated heterocycles. The van der Waals surface area contributed by atoms with E-state index in [9.17, 15) is 9.59 Å². The predicted molar refractivity (Wildman–Crippen MR) is 357 cm³/mol. The van der Waals surface area contributed by atoms with Crippen LogP contribution >= 0.6 is 61.2 Å². The fourth-order valence-corrected chi connectivity index (χ4v) is 141. The zero-order valence-electron chi connectivity index (χ0n) is 48.8. The van der Waals surface area contributed by atoms with Gasteiger partial charge in [-0.2, -0.15) is 0 Å². The Bertz CT molecular complexity index is 1150. The number of unbranched alkanes of at least 4 members (excludes halogenated alkanes) is 24. The van der Waals surface area contributed by atoms with E-state index < -0.39 is 106 Å². The molecule has 428 valence electrons. The fourth-order valence-electron chi connectivity index (χ4n) is 7.01. The Labute approximate surface area is 513 Å². The van der Waals surface area contributed by atoms with Gasteiger partial charge in [0.15, 0.2) is 0 Å². The first-order valence-corrected chi connectivity index (χ1v) is 84.8. The van der Waals surface area contributed by atoms with Crippen molar-refractivity contribution in [3.63, 3.8) is 0 Å². The zero-order chi connectivity index (χ0) is 54.6. The van der Waals surface area contributed by atoms with E-state index >= 15 is 0 Å². The molecule has 0 rings (SSSR count). The Morgan fingerprint density at radius 3 is 0.917 bits per heavy atom. The van der Waals surface area contributed by atoms with E-state index in [1.54, 1.807) is 17.9 Å². The standard InChI is InChI=1S/2C10H20O2S.2C8H17.4C4H9.2CH3.O.5S.6Sn.2H/c2*1-2-3-4-5-6-7-8-12-10(11)9-13;2*1-3-5-7-8-6-4-2;4*1-3-4-2;;;;;;;;;;;;;;;;/h2*13H,2-9H2,1H3;2*1,3-8H2,2H3;4*1,3-4H2,2H3;2*1H3;;;;;;;;;;;;;;/q;;;;;;;;;;;;;;;;;;;;2*+1;;/p-2. The Balaban J connectivity index is -0.000000474. The van der Waals surface area contributed by atoms with Crippen LogP contribution in [0.3, 0.4) is 0 Å². The first-order chi connectivity index (χ1) is 34.8. The molecular weight excluding hydrogens is 1670 g/mol. The van der Waals surface area contributed by atoms with Gasteiger partial charge >= 0.3 is 522 Å². The van der Waals surface area contributed by atoms with Crippen LogP contribution in [0.2, 0.25) is 36.5 Å². The number of carbonyl (C=O) groups excluding carboxylic acids is 2. The predicted octanol–water partition coefficient (Wildman–Crippen LogP) is 21.3. The summed E-state index contributed by atoms with van der Waals surface area (Å²) < 4.78 is 25.6. The van der Waals surface area contributed by atoms with Gasteiger partial charge < -0.3 is 0 Å². The van der Waals surface area contributed by atoms with Crippen molar-refractivity contribution < 1.29 is 20.5 Å². The van der Waals surface area contributed by atoms with Gasteiger partial charge in [-0.3, -0.25) is 0 Å². The second-order valence-electron chi connectivity index (χ2n) is 19.2. The molecule has 0 aliphatic rings. The summed E-state index contributed by atoms with van der Waals surface area (Å²) in [4.78, 5) is 28.1. The van der Waals surface area contributed by atoms with E-state index in [1.165, 1.54) is 206 Å². The summed E-state index contributed by atoms with van der Waals surface area (Å²) in [6, 6.07) is 0. The van der Waals surface area contributed by atoms with Crippen LogP contribution in [-0.2, 0) is 20.5 Å². The average Bonchev–Trinajstić information content (AvgIpc) is 3.37. The van der Waals surface area contributed by atoms with E-state index in [0.717, 1.165) is 25.7 Å². The molecule has 0 aromatic rings. The number of hydrogen-bond acceptors (Lipinski definition) is 12. The van der Waals surface area contributed by atoms with Crippen molar-refractivity contribution in [2.75, 3.05) is 24.7 Å². The van der Waals surface area contributed by atoms with E-state index in [4.69, 9.17) is 48.0 Å². The van der Waals surface area contributed by atoms with E-state index in [2.05, 4.69) is 71.4 Å². The van der Waals surface area contributed by atoms with Gasteiger partial charge in [0, 0.05) is 0 Å². The van der Waals surface area contributed by atoms with Crippen LogP contribution in [0.4, 0.5) is 0 Å². The van der Waals surface area contributed by atoms with Crippen molar-refractivity contribution >= 4 is 179 Å². The van der Waals surface area contributed by atoms with Crippen molar-refractivity contribution in [1.82, 2.24) is 0 Å². The first kappa shape index (κ1) is 84.1. The Morgan fingerprint density at radius 1 is 0.361 bits per heavy atom. The first-order valence-electron chi connectivity index (χ1n) is 29.8.